The predicted octanol–water partition coefficient (Wildman–Crippen LogP) is 0.514. The number of hydrogen-bond acceptors (Lipinski definition) is 4. The zero-order valence-electron chi connectivity index (χ0n) is 13.1. The van der Waals surface area contributed by atoms with Gasteiger partial charge in [0.25, 0.3) is 5.91 Å². The van der Waals surface area contributed by atoms with E-state index in [9.17, 15) is 9.59 Å². The normalized spacial score (nSPS) is 21.1. The van der Waals surface area contributed by atoms with Crippen LogP contribution in [0.4, 0.5) is 4.79 Å². The number of carbonyl (C=O) groups is 2. The third kappa shape index (κ3) is 3.86. The molecule has 3 N–H and O–H groups in total. The number of quaternary nitrogens is 1. The maximum atomic E-state index is 11.7. The lowest BCUT2D eigenvalue weighted by atomic mass is 9.97. The molecule has 1 aromatic heterocycles. The molecule has 1 aliphatic heterocycles. The number of piperidine rings is 1. The van der Waals surface area contributed by atoms with Crippen molar-refractivity contribution in [3.05, 3.63) is 29.3 Å². The Hall–Kier alpha value is -1.99. The summed E-state index contributed by atoms with van der Waals surface area (Å²) in [5.74, 6) is 0.260. The van der Waals surface area contributed by atoms with E-state index in [1.54, 1.807) is 11.3 Å². The summed E-state index contributed by atoms with van der Waals surface area (Å²) in [5.41, 5.74) is 1.08. The first-order chi connectivity index (χ1) is 11.2. The molecule has 3 amide bonds. The Morgan fingerprint density at radius 2 is 2.04 bits per heavy atom. The second-order valence-corrected chi connectivity index (χ2v) is 6.91. The molecule has 0 aliphatic carbocycles. The van der Waals surface area contributed by atoms with Crippen molar-refractivity contribution in [2.75, 3.05) is 26.7 Å². The van der Waals surface area contributed by atoms with Crippen LogP contribution in [-0.2, 0) is 4.79 Å². The molecule has 0 saturated carbocycles. The Kier molecular flexibility index (Phi) is 4.88. The molecular weight excluding hydrogens is 312 g/mol. The van der Waals surface area contributed by atoms with Crippen LogP contribution in [0.25, 0.3) is 10.2 Å². The standard InChI is InChI=1S/C16H20N4O2S/c1-17-16(22)19-14(21)10-20-8-6-11(7-9-20)15-18-12-4-2-3-5-13(12)23-15/h2-5,11H,6-10H2,1H3,(H2,17,19,21,22)/p+1. The van der Waals surface area contributed by atoms with Crippen LogP contribution in [0.5, 0.6) is 0 Å². The van der Waals surface area contributed by atoms with Crippen molar-refractivity contribution in [1.29, 1.82) is 0 Å². The van der Waals surface area contributed by atoms with Crippen LogP contribution in [-0.4, -0.2) is 43.6 Å². The zero-order valence-corrected chi connectivity index (χ0v) is 13.9. The van der Waals surface area contributed by atoms with Crippen LogP contribution < -0.4 is 15.5 Å². The van der Waals surface area contributed by atoms with Gasteiger partial charge in [-0.1, -0.05) is 12.1 Å². The Labute approximate surface area is 138 Å². The fraction of sp³-hybridized carbons (Fsp3) is 0.438. The number of aromatic nitrogens is 1. The van der Waals surface area contributed by atoms with Crippen LogP contribution in [0.3, 0.4) is 0 Å². The summed E-state index contributed by atoms with van der Waals surface area (Å²) in [7, 11) is 1.50. The van der Waals surface area contributed by atoms with Gasteiger partial charge in [0, 0.05) is 25.8 Å². The van der Waals surface area contributed by atoms with Gasteiger partial charge in [-0.15, -0.1) is 11.3 Å². The van der Waals surface area contributed by atoms with E-state index in [0.717, 1.165) is 31.4 Å². The molecule has 0 spiro atoms. The van der Waals surface area contributed by atoms with Gasteiger partial charge in [0.05, 0.1) is 28.3 Å². The number of nitrogens with zero attached hydrogens (tertiary/aromatic N) is 1. The van der Waals surface area contributed by atoms with Gasteiger partial charge < -0.3 is 10.2 Å². The molecule has 0 bridgehead atoms. The van der Waals surface area contributed by atoms with E-state index in [1.165, 1.54) is 21.7 Å². The molecule has 1 aromatic carbocycles. The van der Waals surface area contributed by atoms with E-state index in [1.807, 2.05) is 12.1 Å². The summed E-state index contributed by atoms with van der Waals surface area (Å²) in [4.78, 5) is 28.8. The first-order valence-corrected chi connectivity index (χ1v) is 8.68. The number of hydrogen-bond donors (Lipinski definition) is 3. The highest BCUT2D eigenvalue weighted by atomic mass is 32.1. The van der Waals surface area contributed by atoms with Crippen LogP contribution in [0, 0.1) is 0 Å². The third-order valence-corrected chi connectivity index (χ3v) is 5.44. The number of para-hydroxylation sites is 1. The summed E-state index contributed by atoms with van der Waals surface area (Å²) in [6.07, 6.45) is 2.06. The largest absolute Gasteiger partial charge is 0.341 e. The summed E-state index contributed by atoms with van der Waals surface area (Å²) < 4.78 is 1.24. The molecule has 1 fully saturated rings. The van der Waals surface area contributed by atoms with Gasteiger partial charge in [-0.05, 0) is 12.1 Å². The molecule has 7 heteroatoms. The third-order valence-electron chi connectivity index (χ3n) is 4.24. The molecule has 0 unspecified atom stereocenters. The molecule has 2 aromatic rings. The maximum absolute atomic E-state index is 11.7. The van der Waals surface area contributed by atoms with Crippen molar-refractivity contribution >= 4 is 33.5 Å². The average Bonchev–Trinajstić information content (AvgIpc) is 2.99. The van der Waals surface area contributed by atoms with E-state index in [0.29, 0.717) is 12.5 Å². The lowest BCUT2D eigenvalue weighted by molar-refractivity contribution is -0.897. The smallest absolute Gasteiger partial charge is 0.321 e. The molecule has 122 valence electrons. The number of amides is 3. The molecule has 0 atom stereocenters. The summed E-state index contributed by atoms with van der Waals surface area (Å²) in [5, 5.41) is 5.91. The number of urea groups is 1. The van der Waals surface area contributed by atoms with E-state index in [-0.39, 0.29) is 5.91 Å². The highest BCUT2D eigenvalue weighted by Gasteiger charge is 2.27. The number of rotatable bonds is 3. The minimum atomic E-state index is -0.446. The van der Waals surface area contributed by atoms with E-state index >= 15 is 0 Å². The van der Waals surface area contributed by atoms with Crippen molar-refractivity contribution in [2.24, 2.45) is 0 Å². The average molecular weight is 333 g/mol. The van der Waals surface area contributed by atoms with Crippen molar-refractivity contribution < 1.29 is 14.5 Å². The van der Waals surface area contributed by atoms with Gasteiger partial charge in [0.15, 0.2) is 6.54 Å². The molecule has 3 rings (SSSR count). The highest BCUT2D eigenvalue weighted by molar-refractivity contribution is 7.18. The molecule has 6 nitrogen and oxygen atoms in total. The minimum Gasteiger partial charge on any atom is -0.341 e. The molecule has 1 aliphatic rings. The van der Waals surface area contributed by atoms with Crippen LogP contribution in [0.15, 0.2) is 24.3 Å². The lowest BCUT2D eigenvalue weighted by Gasteiger charge is -2.27. The molecule has 23 heavy (non-hydrogen) atoms. The molecule has 0 radical (unpaired) electrons. The summed E-state index contributed by atoms with van der Waals surface area (Å²) >= 11 is 1.78. The molecular formula is C16H21N4O2S+. The monoisotopic (exact) mass is 333 g/mol. The van der Waals surface area contributed by atoms with Crippen molar-refractivity contribution in [3.63, 3.8) is 0 Å². The highest BCUT2D eigenvalue weighted by Crippen LogP contribution is 2.31. The van der Waals surface area contributed by atoms with Crippen LogP contribution >= 0.6 is 11.3 Å². The topological polar surface area (TPSA) is 75.5 Å². The van der Waals surface area contributed by atoms with Crippen LogP contribution in [0.2, 0.25) is 0 Å². The number of carbonyl (C=O) groups excluding carboxylic acids is 2. The number of imide groups is 1. The predicted molar refractivity (Wildman–Crippen MR) is 89.8 cm³/mol. The first kappa shape index (κ1) is 15.9. The van der Waals surface area contributed by atoms with Crippen molar-refractivity contribution in [2.45, 2.75) is 18.8 Å². The first-order valence-electron chi connectivity index (χ1n) is 7.86. The van der Waals surface area contributed by atoms with Crippen LogP contribution in [0.1, 0.15) is 23.8 Å². The van der Waals surface area contributed by atoms with Gasteiger partial charge in [0.1, 0.15) is 0 Å². The van der Waals surface area contributed by atoms with Gasteiger partial charge in [-0.25, -0.2) is 9.78 Å². The molecule has 2 heterocycles. The van der Waals surface area contributed by atoms with Crippen molar-refractivity contribution in [3.8, 4) is 0 Å². The van der Waals surface area contributed by atoms with Gasteiger partial charge >= 0.3 is 6.03 Å². The minimum absolute atomic E-state index is 0.224. The number of thiazole rings is 1. The number of benzene rings is 1. The Balaban J connectivity index is 1.54. The second kappa shape index (κ2) is 7.06. The molecule has 1 saturated heterocycles. The van der Waals surface area contributed by atoms with E-state index in [4.69, 9.17) is 4.98 Å². The Bertz CT molecular complexity index is 674. The van der Waals surface area contributed by atoms with E-state index < -0.39 is 6.03 Å². The number of nitrogens with one attached hydrogen (secondary N) is 3. The Morgan fingerprint density at radius 3 is 2.74 bits per heavy atom. The lowest BCUT2D eigenvalue weighted by Crippen LogP contribution is -3.14. The second-order valence-electron chi connectivity index (χ2n) is 5.85. The maximum Gasteiger partial charge on any atom is 0.321 e. The number of fused-ring (bicyclic) bond motifs is 1. The zero-order chi connectivity index (χ0) is 16.2. The summed E-state index contributed by atoms with van der Waals surface area (Å²) in [6.45, 7) is 2.21. The van der Waals surface area contributed by atoms with Gasteiger partial charge in [-0.2, -0.15) is 0 Å². The fourth-order valence-electron chi connectivity index (χ4n) is 2.97. The van der Waals surface area contributed by atoms with Gasteiger partial charge in [-0.3, -0.25) is 10.1 Å². The SMILES string of the molecule is CNC(=O)NC(=O)C[NH+]1CCC(c2nc3ccccc3s2)CC1. The Morgan fingerprint density at radius 1 is 1.30 bits per heavy atom. The van der Waals surface area contributed by atoms with Crippen molar-refractivity contribution in [1.82, 2.24) is 15.6 Å². The summed E-state index contributed by atoms with van der Waals surface area (Å²) in [6, 6.07) is 7.78. The van der Waals surface area contributed by atoms with E-state index in [2.05, 4.69) is 22.8 Å². The van der Waals surface area contributed by atoms with Gasteiger partial charge in [0.2, 0.25) is 0 Å². The number of likely N-dealkylation sites (tertiary alicyclic amines) is 1. The fourth-order valence-corrected chi connectivity index (χ4v) is 4.11. The quantitative estimate of drug-likeness (QED) is 0.766.